The number of rotatable bonds is 1. The highest BCUT2D eigenvalue weighted by Crippen LogP contribution is 2.27. The molecule has 0 aromatic rings. The zero-order valence-corrected chi connectivity index (χ0v) is 8.30. The third kappa shape index (κ3) is 2.89. The second-order valence-electron chi connectivity index (χ2n) is 2.43. The summed E-state index contributed by atoms with van der Waals surface area (Å²) < 4.78 is 0. The third-order valence-corrected chi connectivity index (χ3v) is 2.88. The number of allylic oxidation sites excluding steroid dienone is 3. The van der Waals surface area contributed by atoms with Gasteiger partial charge in [-0.15, -0.1) is 11.8 Å². The van der Waals surface area contributed by atoms with Crippen LogP contribution in [-0.2, 0) is 0 Å². The third-order valence-electron chi connectivity index (χ3n) is 1.47. The molecule has 0 saturated carbocycles. The number of halogens is 1. The smallest absolute Gasteiger partial charge is 0.0550 e. The number of thioether (sulfide) groups is 1. The van der Waals surface area contributed by atoms with E-state index in [1.54, 1.807) is 0 Å². The minimum Gasteiger partial charge on any atom is -0.301 e. The summed E-state index contributed by atoms with van der Waals surface area (Å²) in [7, 11) is 0. The molecule has 0 radical (unpaired) electrons. The van der Waals surface area contributed by atoms with E-state index in [2.05, 4.69) is 12.2 Å². The number of hydrogen-bond acceptors (Lipinski definition) is 2. The van der Waals surface area contributed by atoms with Gasteiger partial charge in [-0.1, -0.05) is 17.7 Å². The van der Waals surface area contributed by atoms with E-state index in [0.717, 1.165) is 11.6 Å². The van der Waals surface area contributed by atoms with Crippen molar-refractivity contribution in [3.05, 3.63) is 22.1 Å². The summed E-state index contributed by atoms with van der Waals surface area (Å²) in [6.45, 7) is 5.04. The topological polar surface area (TPSA) is 12.0 Å². The number of hydrogen-bond donors (Lipinski definition) is 1. The van der Waals surface area contributed by atoms with Crippen molar-refractivity contribution in [3.63, 3.8) is 0 Å². The quantitative estimate of drug-likeness (QED) is 0.681. The van der Waals surface area contributed by atoms with Crippen LogP contribution in [0.15, 0.2) is 22.1 Å². The largest absolute Gasteiger partial charge is 0.301 e. The van der Waals surface area contributed by atoms with Gasteiger partial charge in [0.2, 0.25) is 0 Å². The van der Waals surface area contributed by atoms with Crippen molar-refractivity contribution < 1.29 is 0 Å². The molecule has 1 heterocycles. The van der Waals surface area contributed by atoms with Crippen molar-refractivity contribution in [2.24, 2.45) is 0 Å². The van der Waals surface area contributed by atoms with Crippen molar-refractivity contribution in [1.29, 1.82) is 0 Å². The van der Waals surface area contributed by atoms with E-state index in [1.807, 2.05) is 30.8 Å². The summed E-state index contributed by atoms with van der Waals surface area (Å²) in [6.07, 6.45) is 3.92. The first-order valence-corrected chi connectivity index (χ1v) is 4.90. The molecule has 1 saturated heterocycles. The average molecular weight is 190 g/mol. The molecule has 0 amide bonds. The second kappa shape index (κ2) is 4.19. The lowest BCUT2D eigenvalue weighted by Crippen LogP contribution is -2.14. The van der Waals surface area contributed by atoms with Crippen LogP contribution in [0.4, 0.5) is 0 Å². The highest BCUT2D eigenvalue weighted by atomic mass is 35.5. The Hall–Kier alpha value is 0.0800. The van der Waals surface area contributed by atoms with E-state index in [9.17, 15) is 0 Å². The standard InChI is InChI=1S/C8H12ClNS/c1-3-7(9)4-8-5-10-6(2)11-8/h3-4,6,10H,5H2,1-2H3/b7-3+,8-4+/t6-/m1/s1. The van der Waals surface area contributed by atoms with Crippen LogP contribution in [0.2, 0.25) is 0 Å². The molecule has 1 N–H and O–H groups in total. The van der Waals surface area contributed by atoms with E-state index in [4.69, 9.17) is 11.6 Å². The summed E-state index contributed by atoms with van der Waals surface area (Å²) in [5.74, 6) is 0. The van der Waals surface area contributed by atoms with Gasteiger partial charge in [0.15, 0.2) is 0 Å². The normalized spacial score (nSPS) is 29.9. The van der Waals surface area contributed by atoms with Crippen LogP contribution in [0.1, 0.15) is 13.8 Å². The van der Waals surface area contributed by atoms with E-state index in [0.29, 0.717) is 5.37 Å². The lowest BCUT2D eigenvalue weighted by Gasteiger charge is -1.95. The summed E-state index contributed by atoms with van der Waals surface area (Å²) in [4.78, 5) is 1.32. The van der Waals surface area contributed by atoms with Gasteiger partial charge in [-0.05, 0) is 19.9 Å². The van der Waals surface area contributed by atoms with E-state index in [-0.39, 0.29) is 0 Å². The van der Waals surface area contributed by atoms with Gasteiger partial charge in [-0.2, -0.15) is 0 Å². The zero-order valence-electron chi connectivity index (χ0n) is 6.73. The minimum absolute atomic E-state index is 0.530. The highest BCUT2D eigenvalue weighted by Gasteiger charge is 2.13. The maximum atomic E-state index is 5.84. The highest BCUT2D eigenvalue weighted by molar-refractivity contribution is 8.03. The molecule has 0 unspecified atom stereocenters. The van der Waals surface area contributed by atoms with Gasteiger partial charge in [0, 0.05) is 16.5 Å². The molecule has 0 aromatic heterocycles. The van der Waals surface area contributed by atoms with Crippen molar-refractivity contribution >= 4 is 23.4 Å². The molecule has 1 fully saturated rings. The van der Waals surface area contributed by atoms with Crippen molar-refractivity contribution in [2.45, 2.75) is 19.2 Å². The van der Waals surface area contributed by atoms with Gasteiger partial charge in [0.05, 0.1) is 5.37 Å². The van der Waals surface area contributed by atoms with E-state index < -0.39 is 0 Å². The Morgan fingerprint density at radius 1 is 1.82 bits per heavy atom. The Morgan fingerprint density at radius 3 is 3.00 bits per heavy atom. The molecule has 1 aliphatic rings. The van der Waals surface area contributed by atoms with Gasteiger partial charge in [-0.25, -0.2) is 0 Å². The fourth-order valence-electron chi connectivity index (χ4n) is 0.877. The molecule has 62 valence electrons. The first kappa shape index (κ1) is 9.17. The van der Waals surface area contributed by atoms with Crippen molar-refractivity contribution in [1.82, 2.24) is 5.32 Å². The number of nitrogens with one attached hydrogen (secondary N) is 1. The second-order valence-corrected chi connectivity index (χ2v) is 4.33. The van der Waals surface area contributed by atoms with Crippen LogP contribution in [0.5, 0.6) is 0 Å². The van der Waals surface area contributed by atoms with Gasteiger partial charge < -0.3 is 5.32 Å². The fourth-order valence-corrected chi connectivity index (χ4v) is 2.06. The average Bonchev–Trinajstić information content (AvgIpc) is 2.35. The van der Waals surface area contributed by atoms with E-state index in [1.165, 1.54) is 4.91 Å². The maximum absolute atomic E-state index is 5.84. The van der Waals surface area contributed by atoms with Crippen molar-refractivity contribution in [3.8, 4) is 0 Å². The van der Waals surface area contributed by atoms with Crippen LogP contribution in [0, 0.1) is 0 Å². The molecule has 11 heavy (non-hydrogen) atoms. The molecule has 1 rings (SSSR count). The Kier molecular flexibility index (Phi) is 3.49. The SMILES string of the molecule is C/C=C(Cl)\C=C1/CN[C@@H](C)S1. The molecule has 0 spiro atoms. The molecular formula is C8H12ClNS. The Morgan fingerprint density at radius 2 is 2.55 bits per heavy atom. The summed E-state index contributed by atoms with van der Waals surface area (Å²) in [5, 5.41) is 4.66. The lowest BCUT2D eigenvalue weighted by molar-refractivity contribution is 0.775. The van der Waals surface area contributed by atoms with Gasteiger partial charge in [0.1, 0.15) is 0 Å². The molecule has 0 aliphatic carbocycles. The van der Waals surface area contributed by atoms with Crippen LogP contribution in [0.25, 0.3) is 0 Å². The molecule has 0 aromatic carbocycles. The van der Waals surface area contributed by atoms with Gasteiger partial charge in [0.25, 0.3) is 0 Å². The van der Waals surface area contributed by atoms with Crippen molar-refractivity contribution in [2.75, 3.05) is 6.54 Å². The zero-order chi connectivity index (χ0) is 8.27. The van der Waals surface area contributed by atoms with Gasteiger partial charge in [-0.3, -0.25) is 0 Å². The summed E-state index contributed by atoms with van der Waals surface area (Å²) in [5.41, 5.74) is 0. The summed E-state index contributed by atoms with van der Waals surface area (Å²) >= 11 is 7.67. The monoisotopic (exact) mass is 189 g/mol. The first-order chi connectivity index (χ1) is 5.22. The van der Waals surface area contributed by atoms with Crippen LogP contribution < -0.4 is 5.32 Å². The first-order valence-electron chi connectivity index (χ1n) is 3.65. The molecular weight excluding hydrogens is 178 g/mol. The van der Waals surface area contributed by atoms with Crippen LogP contribution in [-0.4, -0.2) is 11.9 Å². The fraction of sp³-hybridized carbons (Fsp3) is 0.500. The van der Waals surface area contributed by atoms with Crippen LogP contribution in [0.3, 0.4) is 0 Å². The molecule has 1 aliphatic heterocycles. The predicted octanol–water partition coefficient (Wildman–Crippen LogP) is 2.70. The maximum Gasteiger partial charge on any atom is 0.0550 e. The molecule has 1 nitrogen and oxygen atoms in total. The Balaban J connectivity index is 2.55. The van der Waals surface area contributed by atoms with E-state index >= 15 is 0 Å². The van der Waals surface area contributed by atoms with Gasteiger partial charge >= 0.3 is 0 Å². The molecule has 0 bridgehead atoms. The minimum atomic E-state index is 0.530. The summed E-state index contributed by atoms with van der Waals surface area (Å²) in [6, 6.07) is 0. The Labute approximate surface area is 76.9 Å². The molecule has 1 atom stereocenters. The lowest BCUT2D eigenvalue weighted by atomic mass is 10.4. The predicted molar refractivity (Wildman–Crippen MR) is 52.7 cm³/mol. The molecule has 3 heteroatoms. The Bertz CT molecular complexity index is 198. The van der Waals surface area contributed by atoms with Crippen LogP contribution >= 0.6 is 23.4 Å².